The van der Waals surface area contributed by atoms with Crippen LogP contribution in [0.2, 0.25) is 0 Å². The van der Waals surface area contributed by atoms with Gasteiger partial charge in [0.05, 0.1) is 18.0 Å². The average Bonchev–Trinajstić information content (AvgIpc) is 2.55. The summed E-state index contributed by atoms with van der Waals surface area (Å²) in [5.74, 6) is -0.164. The van der Waals surface area contributed by atoms with Crippen molar-refractivity contribution in [2.45, 2.75) is 31.9 Å². The number of hydrogen-bond acceptors (Lipinski definition) is 4. The summed E-state index contributed by atoms with van der Waals surface area (Å²) in [6.07, 6.45) is 3.52. The first-order chi connectivity index (χ1) is 8.11. The summed E-state index contributed by atoms with van der Waals surface area (Å²) in [5, 5.41) is 6.87. The fraction of sp³-hybridized carbons (Fsp3) is 0.636. The second-order valence-electron chi connectivity index (χ2n) is 4.29. The maximum absolute atomic E-state index is 11.9. The minimum Gasteiger partial charge on any atom is -0.396 e. The Morgan fingerprint density at radius 3 is 2.94 bits per heavy atom. The van der Waals surface area contributed by atoms with E-state index >= 15 is 0 Å². The number of nitrogen functional groups attached to an aromatic ring is 1. The third-order valence-corrected chi connectivity index (χ3v) is 3.01. The molecule has 1 fully saturated rings. The second-order valence-corrected chi connectivity index (χ2v) is 4.29. The number of nitrogens with one attached hydrogen (secondary N) is 1. The van der Waals surface area contributed by atoms with Gasteiger partial charge in [0.15, 0.2) is 0 Å². The second kappa shape index (κ2) is 4.75. The van der Waals surface area contributed by atoms with Gasteiger partial charge in [0.2, 0.25) is 0 Å². The van der Waals surface area contributed by atoms with Gasteiger partial charge in [-0.25, -0.2) is 0 Å². The number of ether oxygens (including phenoxy) is 1. The Kier molecular flexibility index (Phi) is 3.33. The number of rotatable bonds is 4. The van der Waals surface area contributed by atoms with Gasteiger partial charge >= 0.3 is 0 Å². The van der Waals surface area contributed by atoms with E-state index < -0.39 is 0 Å². The van der Waals surface area contributed by atoms with Gasteiger partial charge in [-0.05, 0) is 19.8 Å². The van der Waals surface area contributed by atoms with E-state index in [1.165, 1.54) is 10.9 Å². The number of anilines is 1. The first-order valence-electron chi connectivity index (χ1n) is 5.81. The molecular formula is C11H18N4O2. The van der Waals surface area contributed by atoms with Crippen molar-refractivity contribution in [3.8, 4) is 0 Å². The molecule has 1 aromatic rings. The van der Waals surface area contributed by atoms with Crippen LogP contribution < -0.4 is 11.1 Å². The minimum atomic E-state index is -0.164. The van der Waals surface area contributed by atoms with E-state index in [4.69, 9.17) is 10.5 Å². The lowest BCUT2D eigenvalue weighted by Crippen LogP contribution is -2.48. The van der Waals surface area contributed by atoms with Gasteiger partial charge in [-0.1, -0.05) is 0 Å². The van der Waals surface area contributed by atoms with Gasteiger partial charge in [-0.3, -0.25) is 9.48 Å². The monoisotopic (exact) mass is 238 g/mol. The van der Waals surface area contributed by atoms with E-state index in [9.17, 15) is 4.79 Å². The van der Waals surface area contributed by atoms with Crippen molar-refractivity contribution in [1.82, 2.24) is 15.1 Å². The molecule has 0 radical (unpaired) electrons. The molecular weight excluding hydrogens is 220 g/mol. The molecule has 6 heteroatoms. The van der Waals surface area contributed by atoms with E-state index in [1.54, 1.807) is 7.05 Å². The lowest BCUT2D eigenvalue weighted by atomic mass is 9.89. The van der Waals surface area contributed by atoms with Crippen LogP contribution in [0.15, 0.2) is 6.20 Å². The third kappa shape index (κ3) is 2.41. The fourth-order valence-corrected chi connectivity index (χ4v) is 2.04. The SMILES string of the molecule is CCOC1CC(NC(=O)c2c(N)cnn2C)C1. The molecule has 1 saturated carbocycles. The summed E-state index contributed by atoms with van der Waals surface area (Å²) < 4.78 is 6.92. The van der Waals surface area contributed by atoms with E-state index in [0.717, 1.165) is 19.4 Å². The largest absolute Gasteiger partial charge is 0.396 e. The molecule has 1 amide bonds. The number of aryl methyl sites for hydroxylation is 1. The van der Waals surface area contributed by atoms with Gasteiger partial charge in [0, 0.05) is 19.7 Å². The lowest BCUT2D eigenvalue weighted by molar-refractivity contribution is -0.00869. The molecule has 94 valence electrons. The van der Waals surface area contributed by atoms with Crippen molar-refractivity contribution in [3.63, 3.8) is 0 Å². The summed E-state index contributed by atoms with van der Waals surface area (Å²) in [6, 6.07) is 0.188. The Hall–Kier alpha value is -1.56. The molecule has 0 unspecified atom stereocenters. The van der Waals surface area contributed by atoms with Crippen LogP contribution in [0, 0.1) is 0 Å². The number of amides is 1. The van der Waals surface area contributed by atoms with Crippen LogP contribution >= 0.6 is 0 Å². The first-order valence-corrected chi connectivity index (χ1v) is 5.81. The predicted molar refractivity (Wildman–Crippen MR) is 63.5 cm³/mol. The summed E-state index contributed by atoms with van der Waals surface area (Å²) in [5.41, 5.74) is 6.51. The fourth-order valence-electron chi connectivity index (χ4n) is 2.04. The maximum Gasteiger partial charge on any atom is 0.271 e. The molecule has 0 aliphatic heterocycles. The van der Waals surface area contributed by atoms with Crippen molar-refractivity contribution >= 4 is 11.6 Å². The molecule has 0 saturated heterocycles. The van der Waals surface area contributed by atoms with Crippen LogP contribution in [0.1, 0.15) is 30.3 Å². The van der Waals surface area contributed by atoms with Crippen molar-refractivity contribution < 1.29 is 9.53 Å². The molecule has 0 aromatic carbocycles. The molecule has 1 heterocycles. The van der Waals surface area contributed by atoms with Gasteiger partial charge in [0.1, 0.15) is 5.69 Å². The Balaban J connectivity index is 1.87. The number of nitrogens with two attached hydrogens (primary N) is 1. The predicted octanol–water partition coefficient (Wildman–Crippen LogP) is 0.300. The molecule has 0 atom stereocenters. The molecule has 2 rings (SSSR count). The summed E-state index contributed by atoms with van der Waals surface area (Å²) in [4.78, 5) is 11.9. The Labute approximate surface area is 100 Å². The van der Waals surface area contributed by atoms with Gasteiger partial charge < -0.3 is 15.8 Å². The van der Waals surface area contributed by atoms with E-state index in [2.05, 4.69) is 10.4 Å². The van der Waals surface area contributed by atoms with Crippen molar-refractivity contribution in [3.05, 3.63) is 11.9 Å². The van der Waals surface area contributed by atoms with Crippen molar-refractivity contribution in [1.29, 1.82) is 0 Å². The highest BCUT2D eigenvalue weighted by molar-refractivity contribution is 5.97. The molecule has 1 aliphatic carbocycles. The highest BCUT2D eigenvalue weighted by Crippen LogP contribution is 2.23. The third-order valence-electron chi connectivity index (χ3n) is 3.01. The molecule has 3 N–H and O–H groups in total. The zero-order chi connectivity index (χ0) is 12.4. The Bertz CT molecular complexity index is 390. The summed E-state index contributed by atoms with van der Waals surface area (Å²) >= 11 is 0. The number of carbonyl (C=O) groups is 1. The Morgan fingerprint density at radius 1 is 1.71 bits per heavy atom. The molecule has 1 aliphatic rings. The van der Waals surface area contributed by atoms with Crippen LogP contribution in [0.3, 0.4) is 0 Å². The highest BCUT2D eigenvalue weighted by atomic mass is 16.5. The smallest absolute Gasteiger partial charge is 0.271 e. The molecule has 6 nitrogen and oxygen atoms in total. The Morgan fingerprint density at radius 2 is 2.41 bits per heavy atom. The number of hydrogen-bond donors (Lipinski definition) is 2. The minimum absolute atomic E-state index is 0.164. The zero-order valence-corrected chi connectivity index (χ0v) is 10.1. The molecule has 0 spiro atoms. The number of carbonyl (C=O) groups excluding carboxylic acids is 1. The van der Waals surface area contributed by atoms with Crippen LogP contribution in [0.5, 0.6) is 0 Å². The van der Waals surface area contributed by atoms with Crippen LogP contribution in [-0.4, -0.2) is 34.4 Å². The van der Waals surface area contributed by atoms with Gasteiger partial charge in [-0.2, -0.15) is 5.10 Å². The zero-order valence-electron chi connectivity index (χ0n) is 10.1. The average molecular weight is 238 g/mol. The van der Waals surface area contributed by atoms with Gasteiger partial charge in [-0.15, -0.1) is 0 Å². The van der Waals surface area contributed by atoms with Crippen molar-refractivity contribution in [2.24, 2.45) is 7.05 Å². The van der Waals surface area contributed by atoms with Crippen LogP contribution in [0.25, 0.3) is 0 Å². The van der Waals surface area contributed by atoms with Gasteiger partial charge in [0.25, 0.3) is 5.91 Å². The normalized spacial score (nSPS) is 23.2. The number of aromatic nitrogens is 2. The van der Waals surface area contributed by atoms with E-state index in [-0.39, 0.29) is 18.1 Å². The van der Waals surface area contributed by atoms with E-state index in [1.807, 2.05) is 6.92 Å². The first kappa shape index (κ1) is 11.9. The summed E-state index contributed by atoms with van der Waals surface area (Å²) in [7, 11) is 1.70. The lowest BCUT2D eigenvalue weighted by Gasteiger charge is -2.35. The topological polar surface area (TPSA) is 82.2 Å². The molecule has 1 aromatic heterocycles. The standard InChI is InChI=1S/C11H18N4O2/c1-3-17-8-4-7(5-8)14-11(16)10-9(12)6-13-15(10)2/h6-8H,3-5,12H2,1-2H3,(H,14,16). The quantitative estimate of drug-likeness (QED) is 0.790. The number of nitrogens with zero attached hydrogens (tertiary/aromatic N) is 2. The van der Waals surface area contributed by atoms with Crippen LogP contribution in [-0.2, 0) is 11.8 Å². The van der Waals surface area contributed by atoms with Crippen molar-refractivity contribution in [2.75, 3.05) is 12.3 Å². The summed E-state index contributed by atoms with van der Waals surface area (Å²) in [6.45, 7) is 2.70. The van der Waals surface area contributed by atoms with E-state index in [0.29, 0.717) is 11.4 Å². The molecule has 17 heavy (non-hydrogen) atoms. The van der Waals surface area contributed by atoms with Crippen LogP contribution in [0.4, 0.5) is 5.69 Å². The maximum atomic E-state index is 11.9. The highest BCUT2D eigenvalue weighted by Gasteiger charge is 2.31. The molecule has 0 bridgehead atoms.